The number of carbonyl (C=O) groups excluding carboxylic acids is 2. The predicted octanol–water partition coefficient (Wildman–Crippen LogP) is 0.481. The van der Waals surface area contributed by atoms with Crippen LogP contribution in [0.5, 0.6) is 0 Å². The third kappa shape index (κ3) is 4.27. The van der Waals surface area contributed by atoms with Crippen LogP contribution >= 0.6 is 0 Å². The summed E-state index contributed by atoms with van der Waals surface area (Å²) in [5.74, 6) is -0.371. The molecule has 0 saturated carbocycles. The van der Waals surface area contributed by atoms with Gasteiger partial charge in [0, 0.05) is 37.7 Å². The van der Waals surface area contributed by atoms with E-state index in [1.807, 2.05) is 0 Å². The smallest absolute Gasteiger partial charge is 0.239 e. The molecule has 0 unspecified atom stereocenters. The Bertz CT molecular complexity index is 856. The van der Waals surface area contributed by atoms with Gasteiger partial charge in [0.25, 0.3) is 0 Å². The summed E-state index contributed by atoms with van der Waals surface area (Å²) in [7, 11) is -0.367. The van der Waals surface area contributed by atoms with E-state index in [0.29, 0.717) is 17.1 Å². The summed E-state index contributed by atoms with van der Waals surface area (Å²) in [5, 5.41) is 2.58. The fraction of sp³-hybridized carbons (Fsp3) is 0.267. The molecule has 0 fully saturated rings. The highest BCUT2D eigenvalue weighted by molar-refractivity contribution is 7.88. The van der Waals surface area contributed by atoms with Crippen molar-refractivity contribution < 1.29 is 18.0 Å². The standard InChI is InChI=1S/C15H18N4O4S/c1-18-9-8-16-15(18)14(21)11-4-6-12(7-5-11)17-13(20)10-19(2)24(3,22)23/h4-9H,10H2,1-3H3,(H,17,20). The Hall–Kier alpha value is -2.52. The maximum absolute atomic E-state index is 12.3. The second-order valence-corrected chi connectivity index (χ2v) is 7.42. The lowest BCUT2D eigenvalue weighted by atomic mass is 10.1. The van der Waals surface area contributed by atoms with Crippen LogP contribution in [0.3, 0.4) is 0 Å². The summed E-state index contributed by atoms with van der Waals surface area (Å²) in [6.07, 6.45) is 4.25. The number of ketones is 1. The number of imidazole rings is 1. The van der Waals surface area contributed by atoms with Crippen LogP contribution in [-0.4, -0.2) is 53.8 Å². The molecule has 1 heterocycles. The number of rotatable bonds is 6. The lowest BCUT2D eigenvalue weighted by Crippen LogP contribution is -2.34. The van der Waals surface area contributed by atoms with Crippen molar-refractivity contribution in [3.8, 4) is 0 Å². The average molecular weight is 350 g/mol. The number of amides is 1. The van der Waals surface area contributed by atoms with E-state index in [-0.39, 0.29) is 12.3 Å². The number of aryl methyl sites for hydroxylation is 1. The third-order valence-electron chi connectivity index (χ3n) is 3.39. The molecule has 9 heteroatoms. The van der Waals surface area contributed by atoms with E-state index in [9.17, 15) is 18.0 Å². The highest BCUT2D eigenvalue weighted by atomic mass is 32.2. The number of sulfonamides is 1. The summed E-state index contributed by atoms with van der Waals surface area (Å²) in [4.78, 5) is 28.1. The van der Waals surface area contributed by atoms with E-state index in [2.05, 4.69) is 10.3 Å². The summed E-state index contributed by atoms with van der Waals surface area (Å²) in [6.45, 7) is -0.285. The maximum Gasteiger partial charge on any atom is 0.239 e. The zero-order valence-corrected chi connectivity index (χ0v) is 14.4. The zero-order chi connectivity index (χ0) is 17.9. The normalized spacial score (nSPS) is 11.5. The molecule has 128 valence electrons. The van der Waals surface area contributed by atoms with Gasteiger partial charge in [0.2, 0.25) is 21.7 Å². The van der Waals surface area contributed by atoms with Gasteiger partial charge in [-0.25, -0.2) is 13.4 Å². The van der Waals surface area contributed by atoms with E-state index < -0.39 is 15.9 Å². The Morgan fingerprint density at radius 2 is 1.88 bits per heavy atom. The molecule has 1 aromatic heterocycles. The van der Waals surface area contributed by atoms with E-state index in [1.165, 1.54) is 7.05 Å². The minimum absolute atomic E-state index is 0.225. The number of aromatic nitrogens is 2. The number of nitrogens with zero attached hydrogens (tertiary/aromatic N) is 3. The molecule has 0 radical (unpaired) electrons. The molecule has 0 spiro atoms. The van der Waals surface area contributed by atoms with Crippen molar-refractivity contribution in [2.24, 2.45) is 7.05 Å². The van der Waals surface area contributed by atoms with Crippen LogP contribution in [0.25, 0.3) is 0 Å². The summed E-state index contributed by atoms with van der Waals surface area (Å²) in [5.41, 5.74) is 0.911. The van der Waals surface area contributed by atoms with Crippen molar-refractivity contribution in [3.63, 3.8) is 0 Å². The fourth-order valence-electron chi connectivity index (χ4n) is 1.94. The third-order valence-corrected chi connectivity index (χ3v) is 4.65. The Morgan fingerprint density at radius 3 is 2.38 bits per heavy atom. The lowest BCUT2D eigenvalue weighted by molar-refractivity contribution is -0.116. The first kappa shape index (κ1) is 17.8. The predicted molar refractivity (Wildman–Crippen MR) is 89.2 cm³/mol. The molecule has 0 aliphatic heterocycles. The van der Waals surface area contributed by atoms with Gasteiger partial charge in [-0.2, -0.15) is 4.31 Å². The molecule has 24 heavy (non-hydrogen) atoms. The van der Waals surface area contributed by atoms with Gasteiger partial charge in [-0.3, -0.25) is 9.59 Å². The van der Waals surface area contributed by atoms with Gasteiger partial charge in [-0.1, -0.05) is 0 Å². The number of hydrogen-bond donors (Lipinski definition) is 1. The quantitative estimate of drug-likeness (QED) is 0.764. The van der Waals surface area contributed by atoms with Crippen molar-refractivity contribution in [1.82, 2.24) is 13.9 Å². The highest BCUT2D eigenvalue weighted by Crippen LogP contribution is 2.13. The number of hydrogen-bond acceptors (Lipinski definition) is 5. The first-order chi connectivity index (χ1) is 11.2. The Labute approximate surface area is 140 Å². The van der Waals surface area contributed by atoms with Crippen LogP contribution in [0, 0.1) is 0 Å². The van der Waals surface area contributed by atoms with Crippen LogP contribution in [0.1, 0.15) is 16.2 Å². The van der Waals surface area contributed by atoms with Gasteiger partial charge in [0.05, 0.1) is 12.8 Å². The largest absolute Gasteiger partial charge is 0.331 e. The van der Waals surface area contributed by atoms with Gasteiger partial charge < -0.3 is 9.88 Å². The molecule has 1 aromatic carbocycles. The van der Waals surface area contributed by atoms with Crippen LogP contribution in [0.2, 0.25) is 0 Å². The molecular formula is C15H18N4O4S. The molecule has 0 bridgehead atoms. The average Bonchev–Trinajstić information content (AvgIpc) is 2.92. The molecule has 1 amide bonds. The molecule has 1 N–H and O–H groups in total. The number of benzene rings is 1. The second-order valence-electron chi connectivity index (χ2n) is 5.34. The fourth-order valence-corrected chi connectivity index (χ4v) is 2.29. The first-order valence-electron chi connectivity index (χ1n) is 7.01. The van der Waals surface area contributed by atoms with E-state index in [0.717, 1.165) is 10.6 Å². The lowest BCUT2D eigenvalue weighted by Gasteiger charge is -2.13. The van der Waals surface area contributed by atoms with Crippen molar-refractivity contribution >= 4 is 27.4 Å². The van der Waals surface area contributed by atoms with Crippen molar-refractivity contribution in [3.05, 3.63) is 48.0 Å². The number of nitrogens with one attached hydrogen (secondary N) is 1. The van der Waals surface area contributed by atoms with Crippen LogP contribution < -0.4 is 5.32 Å². The molecular weight excluding hydrogens is 332 g/mol. The number of likely N-dealkylation sites (N-methyl/N-ethyl adjacent to an activating group) is 1. The van der Waals surface area contributed by atoms with E-state index in [1.54, 1.807) is 48.3 Å². The highest BCUT2D eigenvalue weighted by Gasteiger charge is 2.16. The van der Waals surface area contributed by atoms with Crippen molar-refractivity contribution in [2.45, 2.75) is 0 Å². The maximum atomic E-state index is 12.3. The molecule has 0 atom stereocenters. The van der Waals surface area contributed by atoms with Crippen LogP contribution in [-0.2, 0) is 21.9 Å². The zero-order valence-electron chi connectivity index (χ0n) is 13.6. The van der Waals surface area contributed by atoms with Gasteiger partial charge >= 0.3 is 0 Å². The number of carbonyl (C=O) groups is 2. The van der Waals surface area contributed by atoms with Crippen molar-refractivity contribution in [1.29, 1.82) is 0 Å². The van der Waals surface area contributed by atoms with Crippen molar-refractivity contribution in [2.75, 3.05) is 25.2 Å². The van der Waals surface area contributed by atoms with Gasteiger partial charge in [0.1, 0.15) is 0 Å². The minimum atomic E-state index is -3.42. The monoisotopic (exact) mass is 350 g/mol. The molecule has 2 aromatic rings. The first-order valence-corrected chi connectivity index (χ1v) is 8.86. The summed E-state index contributed by atoms with van der Waals surface area (Å²) in [6, 6.07) is 6.31. The Morgan fingerprint density at radius 1 is 1.25 bits per heavy atom. The van der Waals surface area contributed by atoms with Gasteiger partial charge in [-0.15, -0.1) is 0 Å². The minimum Gasteiger partial charge on any atom is -0.331 e. The topological polar surface area (TPSA) is 101 Å². The van der Waals surface area contributed by atoms with E-state index >= 15 is 0 Å². The van der Waals surface area contributed by atoms with Gasteiger partial charge in [0.15, 0.2) is 5.82 Å². The SMILES string of the molecule is CN(CC(=O)Nc1ccc(C(=O)c2nccn2C)cc1)S(C)(=O)=O. The number of anilines is 1. The van der Waals surface area contributed by atoms with Crippen LogP contribution in [0.15, 0.2) is 36.7 Å². The molecule has 0 saturated heterocycles. The van der Waals surface area contributed by atoms with Crippen LogP contribution in [0.4, 0.5) is 5.69 Å². The van der Waals surface area contributed by atoms with Gasteiger partial charge in [-0.05, 0) is 24.3 Å². The molecule has 8 nitrogen and oxygen atoms in total. The molecule has 0 aliphatic rings. The Balaban J connectivity index is 2.03. The Kier molecular flexibility index (Phi) is 5.15. The molecule has 2 rings (SSSR count). The van der Waals surface area contributed by atoms with E-state index in [4.69, 9.17) is 0 Å². The second kappa shape index (κ2) is 6.93. The summed E-state index contributed by atoms with van der Waals surface area (Å²) < 4.78 is 25.1. The summed E-state index contributed by atoms with van der Waals surface area (Å²) >= 11 is 0. The molecule has 0 aliphatic carbocycles.